The number of rotatable bonds is 13. The van der Waals surface area contributed by atoms with E-state index in [1.807, 2.05) is 12.2 Å². The molecule has 0 fully saturated rings. The van der Waals surface area contributed by atoms with Crippen molar-refractivity contribution in [2.24, 2.45) is 0 Å². The number of hydrogen-bond acceptors (Lipinski definition) is 2. The van der Waals surface area contributed by atoms with Gasteiger partial charge in [-0.3, -0.25) is 0 Å². The van der Waals surface area contributed by atoms with Gasteiger partial charge in [-0.05, 0) is 66.1 Å². The van der Waals surface area contributed by atoms with Crippen LogP contribution in [0, 0.1) is 0 Å². The van der Waals surface area contributed by atoms with E-state index in [1.165, 1.54) is 32.1 Å². The minimum Gasteiger partial charge on any atom is -0.494 e. The van der Waals surface area contributed by atoms with Crippen molar-refractivity contribution in [2.75, 3.05) is 11.5 Å². The average Bonchev–Trinajstić information content (AvgIpc) is 2.85. The van der Waals surface area contributed by atoms with E-state index >= 15 is 0 Å². The molecule has 0 aromatic heterocycles. The van der Waals surface area contributed by atoms with Crippen molar-refractivity contribution in [3.8, 4) is 5.75 Å². The first kappa shape index (κ1) is 23.4. The molecular weight excluding hydrogens is 390 g/mol. The summed E-state index contributed by atoms with van der Waals surface area (Å²) in [5.74, 6) is 0.922. The van der Waals surface area contributed by atoms with E-state index in [0.29, 0.717) is 0 Å². The Morgan fingerprint density at radius 1 is 0.625 bits per heavy atom. The van der Waals surface area contributed by atoms with Crippen LogP contribution < -0.4 is 9.64 Å². The molecule has 0 heterocycles. The van der Waals surface area contributed by atoms with E-state index in [9.17, 15) is 0 Å². The van der Waals surface area contributed by atoms with Crippen LogP contribution in [-0.2, 0) is 0 Å². The first-order valence-electron chi connectivity index (χ1n) is 11.7. The summed E-state index contributed by atoms with van der Waals surface area (Å²) in [5, 5.41) is 0. The topological polar surface area (TPSA) is 12.5 Å². The highest BCUT2D eigenvalue weighted by Gasteiger charge is 2.12. The molecule has 0 aliphatic heterocycles. The van der Waals surface area contributed by atoms with Gasteiger partial charge in [0.05, 0.1) is 6.61 Å². The lowest BCUT2D eigenvalue weighted by Crippen LogP contribution is -2.10. The summed E-state index contributed by atoms with van der Waals surface area (Å²) >= 11 is 0. The van der Waals surface area contributed by atoms with Crippen LogP contribution in [0.4, 0.5) is 17.1 Å². The van der Waals surface area contributed by atoms with Gasteiger partial charge in [0.1, 0.15) is 5.75 Å². The summed E-state index contributed by atoms with van der Waals surface area (Å²) in [6.45, 7) is 10.8. The molecule has 0 unspecified atom stereocenters. The Morgan fingerprint density at radius 3 is 1.53 bits per heavy atom. The minimum absolute atomic E-state index is 0.779. The molecule has 0 bridgehead atoms. The van der Waals surface area contributed by atoms with Gasteiger partial charge >= 0.3 is 0 Å². The molecule has 0 radical (unpaired) electrons. The van der Waals surface area contributed by atoms with E-state index in [0.717, 1.165) is 47.0 Å². The highest BCUT2D eigenvalue weighted by Crippen LogP contribution is 2.35. The van der Waals surface area contributed by atoms with Crippen molar-refractivity contribution in [3.63, 3.8) is 0 Å². The van der Waals surface area contributed by atoms with E-state index < -0.39 is 0 Å². The maximum atomic E-state index is 5.98. The number of ether oxygens (including phenoxy) is 1. The van der Waals surface area contributed by atoms with Crippen LogP contribution in [0.2, 0.25) is 0 Å². The molecule has 0 atom stereocenters. The fourth-order valence-electron chi connectivity index (χ4n) is 3.73. The van der Waals surface area contributed by atoms with Gasteiger partial charge in [0, 0.05) is 17.1 Å². The van der Waals surface area contributed by atoms with E-state index in [4.69, 9.17) is 4.74 Å². The lowest BCUT2D eigenvalue weighted by Gasteiger charge is -2.26. The van der Waals surface area contributed by atoms with Gasteiger partial charge in [0.25, 0.3) is 0 Å². The Bertz CT molecular complexity index is 904. The summed E-state index contributed by atoms with van der Waals surface area (Å²) < 4.78 is 5.98. The van der Waals surface area contributed by atoms with Crippen molar-refractivity contribution >= 4 is 29.2 Å². The van der Waals surface area contributed by atoms with Crippen molar-refractivity contribution in [1.82, 2.24) is 0 Å². The van der Waals surface area contributed by atoms with Crippen LogP contribution in [0.25, 0.3) is 12.2 Å². The van der Waals surface area contributed by atoms with Crippen LogP contribution in [0.15, 0.2) is 86.0 Å². The molecule has 0 spiro atoms. The third-order valence-electron chi connectivity index (χ3n) is 5.64. The number of nitrogens with zero attached hydrogens (tertiary/aromatic N) is 1. The Hall–Kier alpha value is -3.26. The van der Waals surface area contributed by atoms with Gasteiger partial charge in [0.15, 0.2) is 0 Å². The smallest absolute Gasteiger partial charge is 0.119 e. The standard InChI is InChI=1S/C30H35NO/c1-4-7-8-9-10-11-24-32-30-22-20-29(21-23-30)31(27-16-12-25(5-2)13-17-27)28-18-14-26(6-3)15-19-28/h5-6,12-23H,2-4,7-11,24H2,1H3. The van der Waals surface area contributed by atoms with Gasteiger partial charge in [-0.2, -0.15) is 0 Å². The summed E-state index contributed by atoms with van der Waals surface area (Å²) in [4.78, 5) is 2.25. The molecule has 3 aromatic rings. The van der Waals surface area contributed by atoms with Crippen LogP contribution in [0.5, 0.6) is 5.75 Å². The predicted octanol–water partition coefficient (Wildman–Crippen LogP) is 9.18. The summed E-state index contributed by atoms with van der Waals surface area (Å²) in [5.41, 5.74) is 5.50. The highest BCUT2D eigenvalue weighted by atomic mass is 16.5. The first-order valence-corrected chi connectivity index (χ1v) is 11.7. The Morgan fingerprint density at radius 2 is 1.06 bits per heavy atom. The molecule has 3 aromatic carbocycles. The maximum Gasteiger partial charge on any atom is 0.119 e. The fourth-order valence-corrected chi connectivity index (χ4v) is 3.73. The van der Waals surface area contributed by atoms with Crippen LogP contribution in [0.1, 0.15) is 56.6 Å². The molecular formula is C30H35NO. The van der Waals surface area contributed by atoms with Gasteiger partial charge in [-0.1, -0.05) is 88.6 Å². The molecule has 0 N–H and O–H groups in total. The summed E-state index contributed by atoms with van der Waals surface area (Å²) in [7, 11) is 0. The second-order valence-electron chi connectivity index (χ2n) is 8.04. The van der Waals surface area contributed by atoms with Crippen molar-refractivity contribution in [3.05, 3.63) is 97.1 Å². The zero-order valence-electron chi connectivity index (χ0n) is 19.3. The lowest BCUT2D eigenvalue weighted by molar-refractivity contribution is 0.304. The van der Waals surface area contributed by atoms with Crippen molar-refractivity contribution in [2.45, 2.75) is 45.4 Å². The van der Waals surface area contributed by atoms with Crippen molar-refractivity contribution in [1.29, 1.82) is 0 Å². The normalized spacial score (nSPS) is 10.5. The molecule has 166 valence electrons. The average molecular weight is 426 g/mol. The number of anilines is 3. The zero-order chi connectivity index (χ0) is 22.6. The largest absolute Gasteiger partial charge is 0.494 e. The van der Waals surface area contributed by atoms with Crippen LogP contribution >= 0.6 is 0 Å². The Balaban J connectivity index is 1.72. The monoisotopic (exact) mass is 425 g/mol. The lowest BCUT2D eigenvalue weighted by atomic mass is 10.1. The third-order valence-corrected chi connectivity index (χ3v) is 5.64. The quantitative estimate of drug-likeness (QED) is 0.253. The summed E-state index contributed by atoms with van der Waals surface area (Å²) in [6.07, 6.45) is 11.4. The fraction of sp³-hybridized carbons (Fsp3) is 0.267. The molecule has 3 rings (SSSR count). The molecule has 0 saturated heterocycles. The van der Waals surface area contributed by atoms with E-state index in [1.54, 1.807) is 0 Å². The number of hydrogen-bond donors (Lipinski definition) is 0. The second kappa shape index (κ2) is 12.6. The first-order chi connectivity index (χ1) is 15.7. The molecule has 2 heteroatoms. The zero-order valence-corrected chi connectivity index (χ0v) is 19.3. The SMILES string of the molecule is C=Cc1ccc(N(c2ccc(C=C)cc2)c2ccc(OCCCCCCCC)cc2)cc1. The van der Waals surface area contributed by atoms with Gasteiger partial charge in [-0.25, -0.2) is 0 Å². The molecule has 32 heavy (non-hydrogen) atoms. The van der Waals surface area contributed by atoms with Crippen LogP contribution in [-0.4, -0.2) is 6.61 Å². The van der Waals surface area contributed by atoms with Gasteiger partial charge < -0.3 is 9.64 Å². The van der Waals surface area contributed by atoms with Crippen LogP contribution in [0.3, 0.4) is 0 Å². The van der Waals surface area contributed by atoms with E-state index in [-0.39, 0.29) is 0 Å². The van der Waals surface area contributed by atoms with Gasteiger partial charge in [0.2, 0.25) is 0 Å². The Kier molecular flexibility index (Phi) is 9.19. The van der Waals surface area contributed by atoms with Crippen molar-refractivity contribution < 1.29 is 4.74 Å². The van der Waals surface area contributed by atoms with E-state index in [2.05, 4.69) is 97.8 Å². The highest BCUT2D eigenvalue weighted by molar-refractivity contribution is 5.77. The maximum absolute atomic E-state index is 5.98. The minimum atomic E-state index is 0.779. The molecule has 0 aliphatic rings. The predicted molar refractivity (Wildman–Crippen MR) is 140 cm³/mol. The summed E-state index contributed by atoms with van der Waals surface area (Å²) in [6, 6.07) is 25.2. The molecule has 0 aliphatic carbocycles. The third kappa shape index (κ3) is 6.62. The molecule has 0 amide bonds. The molecule has 2 nitrogen and oxygen atoms in total. The number of benzene rings is 3. The number of unbranched alkanes of at least 4 members (excludes halogenated alkanes) is 5. The Labute approximate surface area is 193 Å². The molecule has 0 saturated carbocycles. The second-order valence-corrected chi connectivity index (χ2v) is 8.04. The van der Waals surface area contributed by atoms with Gasteiger partial charge in [-0.15, -0.1) is 0 Å².